The summed E-state index contributed by atoms with van der Waals surface area (Å²) in [6, 6.07) is 5.34. The molecule has 0 aromatic heterocycles. The molecular formula is C34H51N5O13. The topological polar surface area (TPSA) is 283 Å². The van der Waals surface area contributed by atoms with E-state index >= 15 is 0 Å². The van der Waals surface area contributed by atoms with Crippen molar-refractivity contribution in [1.82, 2.24) is 20.4 Å². The fraction of sp³-hybridized carbons (Fsp3) is 0.588. The Morgan fingerprint density at radius 2 is 1.27 bits per heavy atom. The van der Waals surface area contributed by atoms with Crippen molar-refractivity contribution in [2.75, 3.05) is 19.6 Å². The van der Waals surface area contributed by atoms with Gasteiger partial charge in [-0.1, -0.05) is 44.2 Å². The second-order valence-corrected chi connectivity index (χ2v) is 12.1. The molecule has 4 amide bonds. The van der Waals surface area contributed by atoms with Crippen LogP contribution in [0.1, 0.15) is 84.6 Å². The minimum atomic E-state index is -2.33. The molecule has 1 aromatic rings. The van der Waals surface area contributed by atoms with Gasteiger partial charge in [0.2, 0.25) is 17.7 Å². The molecule has 18 heteroatoms. The van der Waals surface area contributed by atoms with E-state index in [4.69, 9.17) is 10.5 Å². The molecule has 0 heterocycles. The number of carboxylic acid groups (broad SMARTS) is 4. The summed E-state index contributed by atoms with van der Waals surface area (Å²) in [7, 11) is 0. The van der Waals surface area contributed by atoms with E-state index in [-0.39, 0.29) is 39.1 Å². The third-order valence-electron chi connectivity index (χ3n) is 8.85. The normalized spacial score (nSPS) is 14.3. The van der Waals surface area contributed by atoms with Crippen LogP contribution in [0.5, 0.6) is 0 Å². The van der Waals surface area contributed by atoms with Crippen LogP contribution in [-0.2, 0) is 44.9 Å². The number of aliphatic carboxylic acids is 4. The van der Waals surface area contributed by atoms with Crippen molar-refractivity contribution in [1.29, 1.82) is 0 Å². The minimum absolute atomic E-state index is 0.0134. The summed E-state index contributed by atoms with van der Waals surface area (Å²) in [4.78, 5) is 105. The van der Waals surface area contributed by atoms with E-state index in [2.05, 4.69) is 10.6 Å². The number of likely N-dealkylation sites (N-methyl/N-ethyl adjacent to an activating group) is 2. The Morgan fingerprint density at radius 3 is 1.71 bits per heavy atom. The molecule has 4 atom stereocenters. The summed E-state index contributed by atoms with van der Waals surface area (Å²) in [5.41, 5.74) is 1.67. The first-order valence-corrected chi connectivity index (χ1v) is 17.0. The van der Waals surface area contributed by atoms with Crippen LogP contribution in [0.25, 0.3) is 0 Å². The molecule has 8 N–H and O–H groups in total. The summed E-state index contributed by atoms with van der Waals surface area (Å²) in [5.74, 6) is -9.64. The van der Waals surface area contributed by atoms with Gasteiger partial charge in [-0.25, -0.2) is 14.4 Å². The van der Waals surface area contributed by atoms with Crippen molar-refractivity contribution in [3.8, 4) is 0 Å². The third-order valence-corrected chi connectivity index (χ3v) is 8.85. The summed E-state index contributed by atoms with van der Waals surface area (Å²) in [6.07, 6.45) is -4.02. The van der Waals surface area contributed by atoms with E-state index in [1.54, 1.807) is 30.3 Å². The van der Waals surface area contributed by atoms with Crippen molar-refractivity contribution in [2.24, 2.45) is 5.73 Å². The lowest BCUT2D eigenvalue weighted by atomic mass is 9.87. The van der Waals surface area contributed by atoms with E-state index < -0.39 is 96.5 Å². The molecule has 0 fully saturated rings. The Morgan fingerprint density at radius 1 is 0.750 bits per heavy atom. The number of amides is 4. The van der Waals surface area contributed by atoms with E-state index in [1.165, 1.54) is 27.7 Å². The highest BCUT2D eigenvalue weighted by atomic mass is 16.5. The lowest BCUT2D eigenvalue weighted by Gasteiger charge is -2.42. The number of hydrogen-bond acceptors (Lipinski definition) is 10. The van der Waals surface area contributed by atoms with Crippen LogP contribution in [0, 0.1) is 0 Å². The van der Waals surface area contributed by atoms with Gasteiger partial charge in [-0.15, -0.1) is 0 Å². The fourth-order valence-corrected chi connectivity index (χ4v) is 6.01. The predicted molar refractivity (Wildman–Crippen MR) is 184 cm³/mol. The number of hydrogen-bond donors (Lipinski definition) is 7. The van der Waals surface area contributed by atoms with Gasteiger partial charge in [0.05, 0.1) is 19.3 Å². The van der Waals surface area contributed by atoms with Crippen LogP contribution in [-0.4, -0.2) is 121 Å². The molecule has 0 saturated heterocycles. The van der Waals surface area contributed by atoms with Crippen LogP contribution in [0.15, 0.2) is 30.3 Å². The van der Waals surface area contributed by atoms with Crippen LogP contribution in [0.2, 0.25) is 0 Å². The molecule has 0 unspecified atom stereocenters. The van der Waals surface area contributed by atoms with Crippen LogP contribution < -0.4 is 16.4 Å². The van der Waals surface area contributed by atoms with E-state index in [1.807, 2.05) is 0 Å². The Hall–Kier alpha value is -5.26. The summed E-state index contributed by atoms with van der Waals surface area (Å²) in [6.45, 7) is 4.84. The van der Waals surface area contributed by atoms with Gasteiger partial charge >= 0.3 is 30.0 Å². The van der Waals surface area contributed by atoms with Gasteiger partial charge < -0.3 is 51.3 Å². The highest BCUT2D eigenvalue weighted by Gasteiger charge is 2.50. The number of ether oxygens (including phenoxy) is 1. The van der Waals surface area contributed by atoms with Crippen LogP contribution >= 0.6 is 0 Å². The Balaban J connectivity index is 3.70. The van der Waals surface area contributed by atoms with Gasteiger partial charge in [-0.3, -0.25) is 24.0 Å². The summed E-state index contributed by atoms with van der Waals surface area (Å²) in [5, 5.41) is 44.3. The second kappa shape index (κ2) is 21.2. The number of benzene rings is 1. The lowest BCUT2D eigenvalue weighted by molar-refractivity contribution is -0.167. The quantitative estimate of drug-likeness (QED) is 0.0739. The van der Waals surface area contributed by atoms with Gasteiger partial charge in [0.25, 0.3) is 0 Å². The van der Waals surface area contributed by atoms with Crippen molar-refractivity contribution >= 4 is 47.7 Å². The van der Waals surface area contributed by atoms with Gasteiger partial charge in [-0.05, 0) is 58.1 Å². The zero-order valence-corrected chi connectivity index (χ0v) is 30.0. The van der Waals surface area contributed by atoms with Gasteiger partial charge in [0.15, 0.2) is 11.1 Å². The maximum Gasteiger partial charge on any atom is 0.408 e. The van der Waals surface area contributed by atoms with Crippen molar-refractivity contribution in [2.45, 2.75) is 109 Å². The molecule has 0 radical (unpaired) electrons. The molecule has 0 aliphatic carbocycles. The zero-order chi connectivity index (χ0) is 39.6. The Bertz CT molecular complexity index is 1430. The highest BCUT2D eigenvalue weighted by Crippen LogP contribution is 2.29. The van der Waals surface area contributed by atoms with Crippen LogP contribution in [0.4, 0.5) is 4.79 Å². The maximum atomic E-state index is 14.3. The number of nitrogens with one attached hydrogen (secondary N) is 2. The largest absolute Gasteiger partial charge is 0.481 e. The number of carbonyl (C=O) groups excluding carboxylic acids is 4. The predicted octanol–water partition coefficient (Wildman–Crippen LogP) is 1.40. The molecule has 0 spiro atoms. The first-order valence-electron chi connectivity index (χ1n) is 17.0. The van der Waals surface area contributed by atoms with Gasteiger partial charge in [-0.2, -0.15) is 0 Å². The number of carbonyl (C=O) groups is 8. The average molecular weight is 738 g/mol. The standard InChI is InChI=1S/C34H51N5O13/c1-5-33(30(47)48,19-26(41)42)38(7-3)25(40)18-24(29(46)39(8-4)34(6-2,31(49)50)20-27(43)44)36-28(45)23(16-12-13-17-35)37-32(51)52-21-22-14-10-9-11-15-22/h9-11,14-15,23-24H,5-8,12-13,16-21,35H2,1-4H3,(H,36,45)(H,37,51)(H,41,42)(H,43,44)(H,47,48)(H,49,50)/t23-,24-,33-,34-/m0/s1. The Kier molecular flexibility index (Phi) is 18.2. The molecule has 1 rings (SSSR count). The second-order valence-electron chi connectivity index (χ2n) is 12.1. The smallest absolute Gasteiger partial charge is 0.408 e. The fourth-order valence-electron chi connectivity index (χ4n) is 6.01. The van der Waals surface area contributed by atoms with Crippen LogP contribution in [0.3, 0.4) is 0 Å². The molecule has 0 saturated carbocycles. The number of carboxylic acids is 4. The molecule has 1 aromatic carbocycles. The molecular weight excluding hydrogens is 686 g/mol. The van der Waals surface area contributed by atoms with E-state index in [0.717, 1.165) is 4.90 Å². The highest BCUT2D eigenvalue weighted by molar-refractivity contribution is 5.98. The van der Waals surface area contributed by atoms with E-state index in [0.29, 0.717) is 23.3 Å². The number of nitrogens with zero attached hydrogens (tertiary/aromatic N) is 2. The number of alkyl carbamates (subject to hydrolysis) is 1. The number of nitrogens with two attached hydrogens (primary N) is 1. The van der Waals surface area contributed by atoms with Crippen molar-refractivity contribution in [3.63, 3.8) is 0 Å². The molecule has 18 nitrogen and oxygen atoms in total. The van der Waals surface area contributed by atoms with E-state index in [9.17, 15) is 58.8 Å². The minimum Gasteiger partial charge on any atom is -0.481 e. The molecule has 0 aliphatic heterocycles. The van der Waals surface area contributed by atoms with Gasteiger partial charge in [0.1, 0.15) is 18.7 Å². The molecule has 290 valence electrons. The lowest BCUT2D eigenvalue weighted by Crippen LogP contribution is -2.64. The Labute approximate surface area is 301 Å². The maximum absolute atomic E-state index is 14.3. The third kappa shape index (κ3) is 11.9. The first kappa shape index (κ1) is 44.8. The monoisotopic (exact) mass is 737 g/mol. The SMILES string of the molecule is CCN(C(=O)C[C@H](NC(=O)[C@H](CCCCN)NC(=O)OCc1ccccc1)C(=O)N(CC)[C@@](CC)(CC(=O)O)C(=O)O)[C@@](CC)(CC(=O)O)C(=O)O. The van der Waals surface area contributed by atoms with Crippen molar-refractivity contribution < 1.29 is 63.5 Å². The van der Waals surface area contributed by atoms with Crippen molar-refractivity contribution in [3.05, 3.63) is 35.9 Å². The molecule has 0 bridgehead atoms. The molecule has 52 heavy (non-hydrogen) atoms. The molecule has 0 aliphatic rings. The average Bonchev–Trinajstić information content (AvgIpc) is 3.09. The number of rotatable bonds is 24. The van der Waals surface area contributed by atoms with Gasteiger partial charge in [0, 0.05) is 13.1 Å². The first-order chi connectivity index (χ1) is 24.5. The summed E-state index contributed by atoms with van der Waals surface area (Å²) < 4.78 is 5.24. The summed E-state index contributed by atoms with van der Waals surface area (Å²) >= 11 is 0. The zero-order valence-electron chi connectivity index (χ0n) is 30.0. The number of unbranched alkanes of at least 4 members (excludes halogenated alkanes) is 1.